The molecule has 0 saturated heterocycles. The molecule has 6 heteroatoms. The predicted molar refractivity (Wildman–Crippen MR) is 69.8 cm³/mol. The maximum Gasteiger partial charge on any atom is 0.347 e. The van der Waals surface area contributed by atoms with E-state index >= 15 is 0 Å². The lowest BCUT2D eigenvalue weighted by atomic mass is 10.1. The average molecular weight is 270 g/mol. The molecule has 0 unspecified atom stereocenters. The van der Waals surface area contributed by atoms with Gasteiger partial charge in [-0.3, -0.25) is 4.79 Å². The summed E-state index contributed by atoms with van der Waals surface area (Å²) in [6, 6.07) is -0.261. The number of carboxylic acid groups (broad SMARTS) is 1. The van der Waals surface area contributed by atoms with E-state index in [1.165, 1.54) is 0 Å². The van der Waals surface area contributed by atoms with Crippen molar-refractivity contribution in [2.75, 3.05) is 0 Å². The summed E-state index contributed by atoms with van der Waals surface area (Å²) in [6.45, 7) is 7.28. The van der Waals surface area contributed by atoms with Crippen LogP contribution in [0, 0.1) is 12.8 Å². The van der Waals surface area contributed by atoms with Gasteiger partial charge in [-0.1, -0.05) is 13.8 Å². The zero-order valence-corrected chi connectivity index (χ0v) is 11.8. The van der Waals surface area contributed by atoms with Crippen molar-refractivity contribution in [3.05, 3.63) is 15.6 Å². The molecular formula is C12H18N2O3S. The Labute approximate surface area is 110 Å². The van der Waals surface area contributed by atoms with Gasteiger partial charge < -0.3 is 10.4 Å². The van der Waals surface area contributed by atoms with E-state index in [2.05, 4.69) is 10.3 Å². The summed E-state index contributed by atoms with van der Waals surface area (Å²) in [5.74, 6) is -1.06. The number of hydrogen-bond donors (Lipinski definition) is 2. The minimum atomic E-state index is -0.975. The number of thiazole rings is 1. The highest BCUT2D eigenvalue weighted by atomic mass is 32.1. The number of carbonyl (C=O) groups excluding carboxylic acids is 1. The lowest BCUT2D eigenvalue weighted by Gasteiger charge is -2.14. The van der Waals surface area contributed by atoms with Crippen molar-refractivity contribution in [1.29, 1.82) is 0 Å². The Bertz CT molecular complexity index is 456. The molecule has 0 aliphatic rings. The molecule has 0 saturated carbocycles. The maximum atomic E-state index is 11.7. The third-order valence-electron chi connectivity index (χ3n) is 2.80. The lowest BCUT2D eigenvalue weighted by molar-refractivity contribution is -0.125. The van der Waals surface area contributed by atoms with E-state index in [9.17, 15) is 9.59 Å². The highest BCUT2D eigenvalue weighted by Crippen LogP contribution is 2.23. The number of aryl methyl sites for hydroxylation is 1. The van der Waals surface area contributed by atoms with E-state index in [1.807, 2.05) is 20.8 Å². The van der Waals surface area contributed by atoms with Crippen LogP contribution in [-0.2, 0) is 4.79 Å². The molecule has 0 aromatic carbocycles. The van der Waals surface area contributed by atoms with Crippen molar-refractivity contribution in [3.8, 4) is 0 Å². The second-order valence-electron chi connectivity index (χ2n) is 4.31. The summed E-state index contributed by atoms with van der Waals surface area (Å²) >= 11 is 1.11. The van der Waals surface area contributed by atoms with Gasteiger partial charge in [0.05, 0.1) is 11.7 Å². The quantitative estimate of drug-likeness (QED) is 0.861. The molecule has 1 heterocycles. The van der Waals surface area contributed by atoms with E-state index in [4.69, 9.17) is 5.11 Å². The van der Waals surface area contributed by atoms with Crippen LogP contribution in [0.1, 0.15) is 53.6 Å². The van der Waals surface area contributed by atoms with Gasteiger partial charge in [0.25, 0.3) is 0 Å². The Kier molecular flexibility index (Phi) is 4.84. The topological polar surface area (TPSA) is 79.3 Å². The fraction of sp³-hybridized carbons (Fsp3) is 0.583. The molecule has 0 aliphatic heterocycles. The standard InChI is InChI=1S/C12H18N2O3S/c1-5-6(2)10(15)13-8(4)11-14-7(3)9(18-11)12(16)17/h6,8H,5H2,1-4H3,(H,13,15)(H,16,17)/t6-,8+/m0/s1. The van der Waals surface area contributed by atoms with Crippen molar-refractivity contribution < 1.29 is 14.7 Å². The lowest BCUT2D eigenvalue weighted by Crippen LogP contribution is -2.31. The third kappa shape index (κ3) is 3.29. The Morgan fingerprint density at radius 1 is 1.44 bits per heavy atom. The van der Waals surface area contributed by atoms with E-state index in [-0.39, 0.29) is 22.7 Å². The highest BCUT2D eigenvalue weighted by molar-refractivity contribution is 7.13. The van der Waals surface area contributed by atoms with Gasteiger partial charge >= 0.3 is 5.97 Å². The van der Waals surface area contributed by atoms with Crippen molar-refractivity contribution in [2.45, 2.75) is 40.2 Å². The maximum absolute atomic E-state index is 11.7. The molecule has 0 spiro atoms. The largest absolute Gasteiger partial charge is 0.477 e. The molecule has 100 valence electrons. The van der Waals surface area contributed by atoms with Gasteiger partial charge in [-0.15, -0.1) is 11.3 Å². The van der Waals surface area contributed by atoms with Crippen LogP contribution in [0.25, 0.3) is 0 Å². The second-order valence-corrected chi connectivity index (χ2v) is 5.34. The first kappa shape index (κ1) is 14.6. The molecular weight excluding hydrogens is 252 g/mol. The number of carboxylic acids is 1. The SMILES string of the molecule is CC[C@H](C)C(=O)N[C@H](C)c1nc(C)c(C(=O)O)s1. The van der Waals surface area contributed by atoms with Gasteiger partial charge in [0, 0.05) is 5.92 Å². The molecule has 5 nitrogen and oxygen atoms in total. The van der Waals surface area contributed by atoms with Crippen molar-refractivity contribution >= 4 is 23.2 Å². The van der Waals surface area contributed by atoms with E-state index < -0.39 is 5.97 Å². The molecule has 1 aromatic heterocycles. The molecule has 0 fully saturated rings. The molecule has 18 heavy (non-hydrogen) atoms. The fourth-order valence-corrected chi connectivity index (χ4v) is 2.31. The molecule has 0 bridgehead atoms. The van der Waals surface area contributed by atoms with Crippen LogP contribution in [-0.4, -0.2) is 22.0 Å². The number of amides is 1. The van der Waals surface area contributed by atoms with Gasteiger partial charge in [0.15, 0.2) is 0 Å². The highest BCUT2D eigenvalue weighted by Gasteiger charge is 2.20. The van der Waals surface area contributed by atoms with E-state index in [0.717, 1.165) is 17.8 Å². The summed E-state index contributed by atoms with van der Waals surface area (Å²) in [5, 5.41) is 12.4. The number of aromatic carboxylic acids is 1. The Morgan fingerprint density at radius 3 is 2.50 bits per heavy atom. The average Bonchev–Trinajstić information content (AvgIpc) is 2.70. The molecule has 0 radical (unpaired) electrons. The summed E-state index contributed by atoms with van der Waals surface area (Å²) in [5.41, 5.74) is 0.493. The van der Waals surface area contributed by atoms with Crippen LogP contribution >= 0.6 is 11.3 Å². The van der Waals surface area contributed by atoms with Crippen molar-refractivity contribution in [1.82, 2.24) is 10.3 Å². The first-order valence-electron chi connectivity index (χ1n) is 5.87. The summed E-state index contributed by atoms with van der Waals surface area (Å²) in [6.07, 6.45) is 0.774. The Morgan fingerprint density at radius 2 is 2.06 bits per heavy atom. The molecule has 0 aliphatic carbocycles. The van der Waals surface area contributed by atoms with Crippen molar-refractivity contribution in [2.24, 2.45) is 5.92 Å². The van der Waals surface area contributed by atoms with Gasteiger partial charge in [-0.2, -0.15) is 0 Å². The van der Waals surface area contributed by atoms with Crippen LogP contribution in [0.15, 0.2) is 0 Å². The van der Waals surface area contributed by atoms with E-state index in [1.54, 1.807) is 6.92 Å². The summed E-state index contributed by atoms with van der Waals surface area (Å²) < 4.78 is 0. The van der Waals surface area contributed by atoms with E-state index in [0.29, 0.717) is 10.7 Å². The number of nitrogens with zero attached hydrogens (tertiary/aromatic N) is 1. The smallest absolute Gasteiger partial charge is 0.347 e. The van der Waals surface area contributed by atoms with Gasteiger partial charge in [0.1, 0.15) is 9.88 Å². The second kappa shape index (κ2) is 5.95. The summed E-state index contributed by atoms with van der Waals surface area (Å²) in [4.78, 5) is 27.1. The van der Waals surface area contributed by atoms with Gasteiger partial charge in [-0.25, -0.2) is 9.78 Å². The predicted octanol–water partition coefficient (Wildman–Crippen LogP) is 2.37. The number of aromatic nitrogens is 1. The van der Waals surface area contributed by atoms with Crippen molar-refractivity contribution in [3.63, 3.8) is 0 Å². The monoisotopic (exact) mass is 270 g/mol. The zero-order valence-electron chi connectivity index (χ0n) is 11.0. The number of nitrogens with one attached hydrogen (secondary N) is 1. The molecule has 2 atom stereocenters. The minimum absolute atomic E-state index is 0.0327. The first-order valence-corrected chi connectivity index (χ1v) is 6.69. The van der Waals surface area contributed by atoms with Gasteiger partial charge in [-0.05, 0) is 20.3 Å². The first-order chi connectivity index (χ1) is 8.36. The normalized spacial score (nSPS) is 14.0. The number of hydrogen-bond acceptors (Lipinski definition) is 4. The molecule has 1 aromatic rings. The van der Waals surface area contributed by atoms with Crippen LogP contribution < -0.4 is 5.32 Å². The fourth-order valence-electron chi connectivity index (χ4n) is 1.40. The third-order valence-corrected chi connectivity index (χ3v) is 4.12. The zero-order chi connectivity index (χ0) is 13.9. The van der Waals surface area contributed by atoms with Crippen LogP contribution in [0.3, 0.4) is 0 Å². The van der Waals surface area contributed by atoms with Crippen LogP contribution in [0.2, 0.25) is 0 Å². The molecule has 2 N–H and O–H groups in total. The van der Waals surface area contributed by atoms with Crippen LogP contribution in [0.4, 0.5) is 0 Å². The Balaban J connectivity index is 2.79. The van der Waals surface area contributed by atoms with Gasteiger partial charge in [0.2, 0.25) is 5.91 Å². The number of rotatable bonds is 5. The molecule has 1 rings (SSSR count). The minimum Gasteiger partial charge on any atom is -0.477 e. The summed E-state index contributed by atoms with van der Waals surface area (Å²) in [7, 11) is 0. The molecule has 1 amide bonds. The number of carbonyl (C=O) groups is 2. The van der Waals surface area contributed by atoms with Crippen LogP contribution in [0.5, 0.6) is 0 Å². The Hall–Kier alpha value is -1.43.